The summed E-state index contributed by atoms with van der Waals surface area (Å²) in [6.45, 7) is 0. The number of anilines is 1. The Morgan fingerprint density at radius 2 is 1.76 bits per heavy atom. The molecule has 1 aromatic heterocycles. The van der Waals surface area contributed by atoms with Crippen molar-refractivity contribution in [3.8, 4) is 5.69 Å². The predicted molar refractivity (Wildman–Crippen MR) is 65.4 cm³/mol. The molecule has 84 valence electrons. The maximum atomic E-state index is 13.6. The molecular formula is C13H10FN3. The summed E-state index contributed by atoms with van der Waals surface area (Å²) in [5.74, 6) is -0.0693. The van der Waals surface area contributed by atoms with Crippen molar-refractivity contribution < 1.29 is 4.39 Å². The third-order valence-corrected chi connectivity index (χ3v) is 2.68. The van der Waals surface area contributed by atoms with Crippen LogP contribution in [0.1, 0.15) is 0 Å². The van der Waals surface area contributed by atoms with E-state index in [0.717, 1.165) is 5.69 Å². The van der Waals surface area contributed by atoms with Gasteiger partial charge in [-0.1, -0.05) is 24.3 Å². The van der Waals surface area contributed by atoms with E-state index in [-0.39, 0.29) is 11.8 Å². The van der Waals surface area contributed by atoms with Crippen LogP contribution in [0, 0.1) is 5.82 Å². The lowest BCUT2D eigenvalue weighted by atomic mass is 10.2. The lowest BCUT2D eigenvalue weighted by Gasteiger charge is -2.05. The number of hydrogen-bond donors (Lipinski definition) is 1. The van der Waals surface area contributed by atoms with Crippen molar-refractivity contribution in [2.75, 3.05) is 5.73 Å². The molecule has 0 aliphatic carbocycles. The van der Waals surface area contributed by atoms with Gasteiger partial charge in [-0.2, -0.15) is 0 Å². The molecule has 2 N–H and O–H groups in total. The highest BCUT2D eigenvalue weighted by Crippen LogP contribution is 2.24. The minimum atomic E-state index is -0.358. The molecule has 0 saturated carbocycles. The molecule has 2 aromatic carbocycles. The number of nitrogen functional groups attached to an aromatic ring is 1. The molecule has 0 aliphatic rings. The van der Waals surface area contributed by atoms with Crippen molar-refractivity contribution in [1.29, 1.82) is 0 Å². The van der Waals surface area contributed by atoms with E-state index in [2.05, 4.69) is 4.98 Å². The smallest absolute Gasteiger partial charge is 0.206 e. The lowest BCUT2D eigenvalue weighted by molar-refractivity contribution is 0.637. The van der Waals surface area contributed by atoms with Gasteiger partial charge in [0, 0.05) is 5.69 Å². The van der Waals surface area contributed by atoms with E-state index in [1.165, 1.54) is 6.07 Å². The van der Waals surface area contributed by atoms with Gasteiger partial charge in [-0.15, -0.1) is 0 Å². The van der Waals surface area contributed by atoms with E-state index < -0.39 is 0 Å². The van der Waals surface area contributed by atoms with Gasteiger partial charge in [-0.3, -0.25) is 4.57 Å². The predicted octanol–water partition coefficient (Wildman–Crippen LogP) is 2.75. The first kappa shape index (κ1) is 9.84. The van der Waals surface area contributed by atoms with Crippen LogP contribution in [-0.2, 0) is 0 Å². The molecule has 17 heavy (non-hydrogen) atoms. The zero-order chi connectivity index (χ0) is 11.8. The summed E-state index contributed by atoms with van der Waals surface area (Å²) in [4.78, 5) is 4.05. The summed E-state index contributed by atoms with van der Waals surface area (Å²) < 4.78 is 15.3. The monoisotopic (exact) mass is 227 g/mol. The zero-order valence-electron chi connectivity index (χ0n) is 8.97. The van der Waals surface area contributed by atoms with Crippen molar-refractivity contribution in [3.63, 3.8) is 0 Å². The maximum absolute atomic E-state index is 13.6. The highest BCUT2D eigenvalue weighted by molar-refractivity contribution is 5.81. The van der Waals surface area contributed by atoms with Gasteiger partial charge in [0.25, 0.3) is 0 Å². The SMILES string of the molecule is Nc1nc2c(F)cccc2n1-c1ccccc1. The molecule has 0 spiro atoms. The number of rotatable bonds is 1. The first-order valence-corrected chi connectivity index (χ1v) is 5.25. The third kappa shape index (κ3) is 1.45. The fourth-order valence-corrected chi connectivity index (χ4v) is 1.93. The van der Waals surface area contributed by atoms with E-state index in [4.69, 9.17) is 5.73 Å². The standard InChI is InChI=1S/C13H10FN3/c14-10-7-4-8-11-12(10)16-13(15)17(11)9-5-2-1-3-6-9/h1-8H,(H2,15,16). The number of fused-ring (bicyclic) bond motifs is 1. The number of para-hydroxylation sites is 2. The number of benzene rings is 2. The van der Waals surface area contributed by atoms with Crippen LogP contribution in [0.5, 0.6) is 0 Å². The first-order valence-electron chi connectivity index (χ1n) is 5.25. The topological polar surface area (TPSA) is 43.8 Å². The van der Waals surface area contributed by atoms with Gasteiger partial charge in [-0.25, -0.2) is 9.37 Å². The molecule has 3 nitrogen and oxygen atoms in total. The normalized spacial score (nSPS) is 10.9. The Morgan fingerprint density at radius 3 is 2.53 bits per heavy atom. The molecule has 0 unspecified atom stereocenters. The van der Waals surface area contributed by atoms with Gasteiger partial charge in [0.05, 0.1) is 5.52 Å². The molecule has 0 atom stereocenters. The van der Waals surface area contributed by atoms with Crippen LogP contribution >= 0.6 is 0 Å². The average Bonchev–Trinajstić information content (AvgIpc) is 2.68. The molecule has 1 heterocycles. The van der Waals surface area contributed by atoms with Crippen LogP contribution in [0.15, 0.2) is 48.5 Å². The fourth-order valence-electron chi connectivity index (χ4n) is 1.93. The highest BCUT2D eigenvalue weighted by Gasteiger charge is 2.12. The Hall–Kier alpha value is -2.36. The Morgan fingerprint density at radius 1 is 1.00 bits per heavy atom. The second-order valence-corrected chi connectivity index (χ2v) is 3.75. The van der Waals surface area contributed by atoms with Gasteiger partial charge in [0.2, 0.25) is 5.95 Å². The molecule has 3 rings (SSSR count). The first-order chi connectivity index (χ1) is 8.27. The number of hydrogen-bond acceptors (Lipinski definition) is 2. The van der Waals surface area contributed by atoms with Gasteiger partial charge < -0.3 is 5.73 Å². The van der Waals surface area contributed by atoms with Crippen LogP contribution in [0.3, 0.4) is 0 Å². The Balaban J connectivity index is 2.37. The van der Waals surface area contributed by atoms with Crippen LogP contribution < -0.4 is 5.73 Å². The molecule has 0 amide bonds. The summed E-state index contributed by atoms with van der Waals surface area (Å²) >= 11 is 0. The minimum absolute atomic E-state index is 0.288. The second kappa shape index (κ2) is 3.59. The summed E-state index contributed by atoms with van der Waals surface area (Å²) in [5.41, 5.74) is 7.69. The van der Waals surface area contributed by atoms with Crippen LogP contribution in [-0.4, -0.2) is 9.55 Å². The molecule has 0 bridgehead atoms. The number of aromatic nitrogens is 2. The van der Waals surface area contributed by atoms with Crippen molar-refractivity contribution >= 4 is 17.0 Å². The maximum Gasteiger partial charge on any atom is 0.206 e. The third-order valence-electron chi connectivity index (χ3n) is 2.68. The van der Waals surface area contributed by atoms with E-state index in [0.29, 0.717) is 11.0 Å². The van der Waals surface area contributed by atoms with E-state index in [1.54, 1.807) is 16.7 Å². The van der Waals surface area contributed by atoms with Crippen LogP contribution in [0.4, 0.5) is 10.3 Å². The number of imidazole rings is 1. The number of nitrogens with two attached hydrogens (primary N) is 1. The fraction of sp³-hybridized carbons (Fsp3) is 0. The van der Waals surface area contributed by atoms with Crippen molar-refractivity contribution in [2.45, 2.75) is 0 Å². The largest absolute Gasteiger partial charge is 0.369 e. The molecule has 0 saturated heterocycles. The van der Waals surface area contributed by atoms with Crippen molar-refractivity contribution in [3.05, 3.63) is 54.3 Å². The quantitative estimate of drug-likeness (QED) is 0.694. The molecule has 4 heteroatoms. The van der Waals surface area contributed by atoms with Gasteiger partial charge in [0.15, 0.2) is 5.82 Å². The summed E-state index contributed by atoms with van der Waals surface area (Å²) in [5, 5.41) is 0. The van der Waals surface area contributed by atoms with E-state index >= 15 is 0 Å². The summed E-state index contributed by atoms with van der Waals surface area (Å²) in [6.07, 6.45) is 0. The second-order valence-electron chi connectivity index (χ2n) is 3.75. The molecule has 0 radical (unpaired) electrons. The van der Waals surface area contributed by atoms with Crippen molar-refractivity contribution in [1.82, 2.24) is 9.55 Å². The van der Waals surface area contributed by atoms with Gasteiger partial charge in [-0.05, 0) is 24.3 Å². The van der Waals surface area contributed by atoms with E-state index in [1.807, 2.05) is 30.3 Å². The summed E-state index contributed by atoms with van der Waals surface area (Å²) in [6, 6.07) is 14.4. The Kier molecular flexibility index (Phi) is 2.08. The Bertz CT molecular complexity index is 674. The minimum Gasteiger partial charge on any atom is -0.369 e. The number of nitrogens with zero attached hydrogens (tertiary/aromatic N) is 2. The number of halogens is 1. The zero-order valence-corrected chi connectivity index (χ0v) is 8.97. The highest BCUT2D eigenvalue weighted by atomic mass is 19.1. The van der Waals surface area contributed by atoms with Gasteiger partial charge in [0.1, 0.15) is 5.52 Å². The Labute approximate surface area is 97.3 Å². The molecular weight excluding hydrogens is 217 g/mol. The lowest BCUT2D eigenvalue weighted by Crippen LogP contribution is -1.99. The van der Waals surface area contributed by atoms with E-state index in [9.17, 15) is 4.39 Å². The molecule has 0 aliphatic heterocycles. The van der Waals surface area contributed by atoms with Gasteiger partial charge >= 0.3 is 0 Å². The average molecular weight is 227 g/mol. The molecule has 3 aromatic rings. The summed E-state index contributed by atoms with van der Waals surface area (Å²) in [7, 11) is 0. The van der Waals surface area contributed by atoms with Crippen LogP contribution in [0.25, 0.3) is 16.7 Å². The van der Waals surface area contributed by atoms with Crippen molar-refractivity contribution in [2.24, 2.45) is 0 Å². The van der Waals surface area contributed by atoms with Crippen LogP contribution in [0.2, 0.25) is 0 Å². The molecule has 0 fully saturated rings.